The number of nitrogens with one attached hydrogen (secondary N) is 1. The van der Waals surface area contributed by atoms with Crippen molar-refractivity contribution in [1.29, 1.82) is 0 Å². The van der Waals surface area contributed by atoms with Crippen LogP contribution in [0.25, 0.3) is 0 Å². The van der Waals surface area contributed by atoms with Crippen molar-refractivity contribution in [3.8, 4) is 0 Å². The summed E-state index contributed by atoms with van der Waals surface area (Å²) >= 11 is 6.18. The second-order valence-corrected chi connectivity index (χ2v) is 4.90. The van der Waals surface area contributed by atoms with Gasteiger partial charge in [0.05, 0.1) is 5.69 Å². The standard InChI is InChI=1S/C14H16ClN5O/c1-9-18-5-4-12(19-9)8-17-7-11-3-2-10(6-13(11)15)14(16)20-21/h2-6,17,21H,7-8H2,1H3,(H2,16,20). The van der Waals surface area contributed by atoms with Gasteiger partial charge in [-0.05, 0) is 24.6 Å². The molecule has 0 unspecified atom stereocenters. The maximum absolute atomic E-state index is 8.63. The van der Waals surface area contributed by atoms with E-state index in [9.17, 15) is 0 Å². The molecule has 1 aromatic heterocycles. The molecule has 0 aliphatic carbocycles. The van der Waals surface area contributed by atoms with Crippen LogP contribution in [0.3, 0.4) is 0 Å². The van der Waals surface area contributed by atoms with E-state index in [1.165, 1.54) is 0 Å². The van der Waals surface area contributed by atoms with Crippen LogP contribution in [0.1, 0.15) is 22.6 Å². The van der Waals surface area contributed by atoms with Crippen molar-refractivity contribution in [2.45, 2.75) is 20.0 Å². The van der Waals surface area contributed by atoms with Gasteiger partial charge in [-0.3, -0.25) is 0 Å². The molecule has 0 radical (unpaired) electrons. The van der Waals surface area contributed by atoms with E-state index < -0.39 is 0 Å². The van der Waals surface area contributed by atoms with Gasteiger partial charge in [0, 0.05) is 29.9 Å². The molecule has 21 heavy (non-hydrogen) atoms. The van der Waals surface area contributed by atoms with Gasteiger partial charge in [-0.2, -0.15) is 0 Å². The summed E-state index contributed by atoms with van der Waals surface area (Å²) in [6.07, 6.45) is 1.73. The normalized spacial score (nSPS) is 11.6. The van der Waals surface area contributed by atoms with Crippen molar-refractivity contribution in [1.82, 2.24) is 15.3 Å². The first-order valence-corrected chi connectivity index (χ1v) is 6.73. The molecule has 0 bridgehead atoms. The summed E-state index contributed by atoms with van der Waals surface area (Å²) in [6, 6.07) is 7.13. The number of rotatable bonds is 5. The fraction of sp³-hybridized carbons (Fsp3) is 0.214. The van der Waals surface area contributed by atoms with E-state index >= 15 is 0 Å². The average Bonchev–Trinajstić information content (AvgIpc) is 2.48. The highest BCUT2D eigenvalue weighted by Gasteiger charge is 2.05. The summed E-state index contributed by atoms with van der Waals surface area (Å²) < 4.78 is 0. The lowest BCUT2D eigenvalue weighted by atomic mass is 10.1. The molecule has 0 saturated heterocycles. The van der Waals surface area contributed by atoms with E-state index in [4.69, 9.17) is 22.5 Å². The van der Waals surface area contributed by atoms with Gasteiger partial charge in [0.15, 0.2) is 5.84 Å². The molecule has 7 heteroatoms. The fourth-order valence-electron chi connectivity index (χ4n) is 1.84. The summed E-state index contributed by atoms with van der Waals surface area (Å²) in [5, 5.41) is 15.4. The van der Waals surface area contributed by atoms with Gasteiger partial charge < -0.3 is 16.3 Å². The molecule has 1 aromatic carbocycles. The number of halogens is 1. The minimum atomic E-state index is 0.0351. The van der Waals surface area contributed by atoms with Crippen LogP contribution in [0.15, 0.2) is 35.6 Å². The van der Waals surface area contributed by atoms with Crippen LogP contribution in [0.2, 0.25) is 5.02 Å². The summed E-state index contributed by atoms with van der Waals surface area (Å²) in [5.41, 5.74) is 7.95. The van der Waals surface area contributed by atoms with Gasteiger partial charge in [-0.25, -0.2) is 9.97 Å². The molecule has 2 rings (SSSR count). The topological polar surface area (TPSA) is 96.4 Å². The minimum Gasteiger partial charge on any atom is -0.409 e. The van der Waals surface area contributed by atoms with Gasteiger partial charge >= 0.3 is 0 Å². The highest BCUT2D eigenvalue weighted by atomic mass is 35.5. The van der Waals surface area contributed by atoms with Crippen molar-refractivity contribution in [3.63, 3.8) is 0 Å². The molecule has 0 spiro atoms. The Bertz CT molecular complexity index is 660. The van der Waals surface area contributed by atoms with Gasteiger partial charge in [0.1, 0.15) is 5.82 Å². The SMILES string of the molecule is Cc1nccc(CNCc2ccc(/C(N)=N/O)cc2Cl)n1. The first-order valence-electron chi connectivity index (χ1n) is 6.35. The van der Waals surface area contributed by atoms with Crippen molar-refractivity contribution < 1.29 is 5.21 Å². The lowest BCUT2D eigenvalue weighted by molar-refractivity contribution is 0.318. The summed E-state index contributed by atoms with van der Waals surface area (Å²) in [6.45, 7) is 3.08. The quantitative estimate of drug-likeness (QED) is 0.339. The zero-order chi connectivity index (χ0) is 15.2. The third-order valence-corrected chi connectivity index (χ3v) is 3.26. The lowest BCUT2D eigenvalue weighted by Crippen LogP contribution is -2.16. The maximum atomic E-state index is 8.63. The minimum absolute atomic E-state index is 0.0351. The van der Waals surface area contributed by atoms with E-state index in [1.54, 1.807) is 18.3 Å². The molecule has 1 heterocycles. The number of nitrogens with two attached hydrogens (primary N) is 1. The van der Waals surface area contributed by atoms with E-state index in [1.807, 2.05) is 19.1 Å². The Morgan fingerprint density at radius 3 is 2.86 bits per heavy atom. The van der Waals surface area contributed by atoms with E-state index in [2.05, 4.69) is 20.4 Å². The molecule has 2 aromatic rings. The molecule has 0 amide bonds. The molecule has 110 valence electrons. The summed E-state index contributed by atoms with van der Waals surface area (Å²) in [7, 11) is 0. The van der Waals surface area contributed by atoms with Crippen LogP contribution in [-0.4, -0.2) is 21.0 Å². The largest absolute Gasteiger partial charge is 0.409 e. The van der Waals surface area contributed by atoms with Gasteiger partial charge in [-0.15, -0.1) is 0 Å². The molecule has 0 atom stereocenters. The van der Waals surface area contributed by atoms with Crippen molar-refractivity contribution >= 4 is 17.4 Å². The van der Waals surface area contributed by atoms with E-state index in [0.29, 0.717) is 23.7 Å². The Morgan fingerprint density at radius 1 is 1.38 bits per heavy atom. The molecule has 0 aliphatic rings. The summed E-state index contributed by atoms with van der Waals surface area (Å²) in [5.74, 6) is 0.781. The summed E-state index contributed by atoms with van der Waals surface area (Å²) in [4.78, 5) is 8.36. The number of aromatic nitrogens is 2. The van der Waals surface area contributed by atoms with E-state index in [-0.39, 0.29) is 5.84 Å². The predicted molar refractivity (Wildman–Crippen MR) is 81.3 cm³/mol. The van der Waals surface area contributed by atoms with Crippen LogP contribution in [0.4, 0.5) is 0 Å². The number of amidine groups is 1. The highest BCUT2D eigenvalue weighted by molar-refractivity contribution is 6.31. The third-order valence-electron chi connectivity index (χ3n) is 2.91. The number of nitrogens with zero attached hydrogens (tertiary/aromatic N) is 3. The van der Waals surface area contributed by atoms with Crippen LogP contribution in [0, 0.1) is 6.92 Å². The first kappa shape index (κ1) is 15.2. The highest BCUT2D eigenvalue weighted by Crippen LogP contribution is 2.18. The molecular weight excluding hydrogens is 290 g/mol. The van der Waals surface area contributed by atoms with Gasteiger partial charge in [-0.1, -0.05) is 28.9 Å². The van der Waals surface area contributed by atoms with Crippen LogP contribution in [0.5, 0.6) is 0 Å². The van der Waals surface area contributed by atoms with Crippen molar-refractivity contribution in [3.05, 3.63) is 58.1 Å². The zero-order valence-electron chi connectivity index (χ0n) is 11.5. The monoisotopic (exact) mass is 305 g/mol. The molecule has 0 saturated carbocycles. The first-order chi connectivity index (χ1) is 10.1. The Balaban J connectivity index is 1.97. The molecular formula is C14H16ClN5O. The fourth-order valence-corrected chi connectivity index (χ4v) is 2.08. The number of hydrogen-bond donors (Lipinski definition) is 3. The Morgan fingerprint density at radius 2 is 2.19 bits per heavy atom. The molecule has 6 nitrogen and oxygen atoms in total. The Kier molecular flexibility index (Phi) is 5.08. The Hall–Kier alpha value is -2.18. The Labute approximate surface area is 127 Å². The van der Waals surface area contributed by atoms with Crippen molar-refractivity contribution in [2.24, 2.45) is 10.9 Å². The number of aryl methyl sites for hydroxylation is 1. The number of benzene rings is 1. The zero-order valence-corrected chi connectivity index (χ0v) is 12.3. The van der Waals surface area contributed by atoms with Crippen LogP contribution >= 0.6 is 11.6 Å². The maximum Gasteiger partial charge on any atom is 0.170 e. The average molecular weight is 306 g/mol. The van der Waals surface area contributed by atoms with Crippen LogP contribution in [-0.2, 0) is 13.1 Å². The van der Waals surface area contributed by atoms with E-state index in [0.717, 1.165) is 17.1 Å². The second kappa shape index (κ2) is 7.01. The second-order valence-electron chi connectivity index (χ2n) is 4.49. The third kappa shape index (κ3) is 4.14. The van der Waals surface area contributed by atoms with Gasteiger partial charge in [0.25, 0.3) is 0 Å². The lowest BCUT2D eigenvalue weighted by Gasteiger charge is -2.08. The van der Waals surface area contributed by atoms with Gasteiger partial charge in [0.2, 0.25) is 0 Å². The van der Waals surface area contributed by atoms with Crippen molar-refractivity contribution in [2.75, 3.05) is 0 Å². The molecule has 0 aliphatic heterocycles. The molecule has 4 N–H and O–H groups in total. The number of oxime groups is 1. The van der Waals surface area contributed by atoms with Crippen LogP contribution < -0.4 is 11.1 Å². The molecule has 0 fully saturated rings. The smallest absolute Gasteiger partial charge is 0.170 e. The predicted octanol–water partition coefficient (Wildman–Crippen LogP) is 1.82. The number of hydrogen-bond acceptors (Lipinski definition) is 5.